The first-order chi connectivity index (χ1) is 5.88. The number of ether oxygens (including phenoxy) is 1. The zero-order valence-electron chi connectivity index (χ0n) is 6.24. The van der Waals surface area contributed by atoms with E-state index in [-0.39, 0.29) is 6.61 Å². The average molecular weight is 157 g/mol. The third-order valence-electron chi connectivity index (χ3n) is 1.24. The molecule has 3 heteroatoms. The van der Waals surface area contributed by atoms with Crippen LogP contribution in [0, 0.1) is 28.7 Å². The second-order valence-electron chi connectivity index (χ2n) is 1.98. The largest absolute Gasteiger partial charge is 0.477 e. The molecule has 0 fully saturated rings. The summed E-state index contributed by atoms with van der Waals surface area (Å²) >= 11 is 0. The van der Waals surface area contributed by atoms with E-state index in [0.29, 0.717) is 11.3 Å². The topological polar surface area (TPSA) is 56.8 Å². The summed E-state index contributed by atoms with van der Waals surface area (Å²) in [6.07, 6.45) is 0. The monoisotopic (exact) mass is 157 g/mol. The van der Waals surface area contributed by atoms with Gasteiger partial charge in [-0.1, -0.05) is 6.07 Å². The van der Waals surface area contributed by atoms with Gasteiger partial charge in [0.1, 0.15) is 17.9 Å². The standard InChI is InChI=1S/C9H5N2O/c10-5-6-12-9-4-2-1-3-8(9)7-11/h1,3-4H,6H2. The van der Waals surface area contributed by atoms with Gasteiger partial charge in [0.15, 0.2) is 6.61 Å². The van der Waals surface area contributed by atoms with Gasteiger partial charge in [0.2, 0.25) is 0 Å². The Labute approximate surface area is 70.4 Å². The summed E-state index contributed by atoms with van der Waals surface area (Å²) in [5.74, 6) is 0.404. The highest BCUT2D eigenvalue weighted by atomic mass is 16.5. The Bertz CT molecular complexity index is 346. The molecule has 1 aromatic rings. The molecule has 57 valence electrons. The lowest BCUT2D eigenvalue weighted by atomic mass is 10.2. The number of nitrogens with zero attached hydrogens (tertiary/aromatic N) is 2. The van der Waals surface area contributed by atoms with Gasteiger partial charge in [0.25, 0.3) is 0 Å². The van der Waals surface area contributed by atoms with Crippen molar-refractivity contribution in [2.45, 2.75) is 0 Å². The van der Waals surface area contributed by atoms with Crippen molar-refractivity contribution >= 4 is 0 Å². The van der Waals surface area contributed by atoms with Crippen LogP contribution in [0.15, 0.2) is 18.2 Å². The van der Waals surface area contributed by atoms with Crippen LogP contribution in [0.25, 0.3) is 0 Å². The van der Waals surface area contributed by atoms with Crippen molar-refractivity contribution in [2.24, 2.45) is 0 Å². The van der Waals surface area contributed by atoms with Gasteiger partial charge in [-0.3, -0.25) is 0 Å². The smallest absolute Gasteiger partial charge is 0.174 e. The number of benzene rings is 1. The summed E-state index contributed by atoms with van der Waals surface area (Å²) < 4.78 is 4.96. The third kappa shape index (κ3) is 1.74. The fourth-order valence-electron chi connectivity index (χ4n) is 0.737. The Balaban J connectivity index is 2.86. The van der Waals surface area contributed by atoms with Crippen LogP contribution in [0.5, 0.6) is 5.75 Å². The maximum atomic E-state index is 8.59. The molecule has 0 aliphatic carbocycles. The number of rotatable bonds is 2. The number of hydrogen-bond acceptors (Lipinski definition) is 3. The molecule has 1 rings (SSSR count). The Morgan fingerprint density at radius 2 is 2.33 bits per heavy atom. The third-order valence-corrected chi connectivity index (χ3v) is 1.24. The van der Waals surface area contributed by atoms with E-state index in [1.54, 1.807) is 12.1 Å². The lowest BCUT2D eigenvalue weighted by Crippen LogP contribution is -1.95. The molecule has 0 heterocycles. The summed E-state index contributed by atoms with van der Waals surface area (Å²) in [6.45, 7) is -0.0491. The molecule has 1 radical (unpaired) electrons. The van der Waals surface area contributed by atoms with Crippen molar-refractivity contribution in [3.8, 4) is 17.9 Å². The molecule has 0 N–H and O–H groups in total. The SMILES string of the molecule is N#CCOc1c[c]ccc1C#N. The highest BCUT2D eigenvalue weighted by molar-refractivity contribution is 5.42. The van der Waals surface area contributed by atoms with Crippen LogP contribution in [0.2, 0.25) is 0 Å². The van der Waals surface area contributed by atoms with Gasteiger partial charge in [0.05, 0.1) is 5.56 Å². The zero-order chi connectivity index (χ0) is 8.81. The molecule has 0 unspecified atom stereocenters. The second kappa shape index (κ2) is 4.00. The van der Waals surface area contributed by atoms with Crippen molar-refractivity contribution in [1.82, 2.24) is 0 Å². The first kappa shape index (κ1) is 8.10. The maximum absolute atomic E-state index is 8.59. The van der Waals surface area contributed by atoms with Crippen LogP contribution in [-0.2, 0) is 0 Å². The predicted octanol–water partition coefficient (Wildman–Crippen LogP) is 1.26. The van der Waals surface area contributed by atoms with E-state index in [9.17, 15) is 0 Å². The van der Waals surface area contributed by atoms with Crippen LogP contribution in [0.4, 0.5) is 0 Å². The summed E-state index contributed by atoms with van der Waals surface area (Å²) in [5.41, 5.74) is 0.420. The van der Waals surface area contributed by atoms with Crippen LogP contribution < -0.4 is 4.74 Å². The average Bonchev–Trinajstić information content (AvgIpc) is 2.15. The van der Waals surface area contributed by atoms with Crippen LogP contribution in [-0.4, -0.2) is 6.61 Å². The van der Waals surface area contributed by atoms with Crippen molar-refractivity contribution in [2.75, 3.05) is 6.61 Å². The Morgan fingerprint density at radius 3 is 3.00 bits per heavy atom. The number of hydrogen-bond donors (Lipinski definition) is 0. The summed E-state index contributed by atoms with van der Waals surface area (Å²) in [6, 6.07) is 11.3. The molecule has 3 nitrogen and oxygen atoms in total. The molecular formula is C9H5N2O. The van der Waals surface area contributed by atoms with E-state index in [4.69, 9.17) is 15.3 Å². The van der Waals surface area contributed by atoms with E-state index in [1.807, 2.05) is 12.1 Å². The Kier molecular flexibility index (Phi) is 2.70. The van der Waals surface area contributed by atoms with Gasteiger partial charge in [-0.2, -0.15) is 10.5 Å². The van der Waals surface area contributed by atoms with E-state index in [1.165, 1.54) is 6.07 Å². The molecule has 0 amide bonds. The van der Waals surface area contributed by atoms with Gasteiger partial charge in [-0.25, -0.2) is 0 Å². The van der Waals surface area contributed by atoms with Crippen LogP contribution >= 0.6 is 0 Å². The molecular weight excluding hydrogens is 152 g/mol. The molecule has 1 aromatic carbocycles. The molecule has 0 saturated carbocycles. The summed E-state index contributed by atoms with van der Waals surface area (Å²) in [7, 11) is 0. The van der Waals surface area contributed by atoms with Gasteiger partial charge in [0, 0.05) is 0 Å². The maximum Gasteiger partial charge on any atom is 0.174 e. The highest BCUT2D eigenvalue weighted by Gasteiger charge is 1.99. The van der Waals surface area contributed by atoms with Crippen LogP contribution in [0.1, 0.15) is 5.56 Å². The van der Waals surface area contributed by atoms with E-state index in [0.717, 1.165) is 0 Å². The molecule has 0 aliphatic rings. The summed E-state index contributed by atoms with van der Waals surface area (Å²) in [4.78, 5) is 0. The van der Waals surface area contributed by atoms with Crippen molar-refractivity contribution in [1.29, 1.82) is 10.5 Å². The first-order valence-electron chi connectivity index (χ1n) is 3.28. The fraction of sp³-hybridized carbons (Fsp3) is 0.111. The minimum absolute atomic E-state index is 0.0491. The van der Waals surface area contributed by atoms with Gasteiger partial charge < -0.3 is 4.74 Å². The van der Waals surface area contributed by atoms with Crippen LogP contribution in [0.3, 0.4) is 0 Å². The quantitative estimate of drug-likeness (QED) is 0.649. The van der Waals surface area contributed by atoms with Gasteiger partial charge in [-0.15, -0.1) is 0 Å². The van der Waals surface area contributed by atoms with E-state index in [2.05, 4.69) is 6.07 Å². The normalized spacial score (nSPS) is 8.17. The molecule has 0 atom stereocenters. The molecule has 0 aromatic heterocycles. The molecule has 12 heavy (non-hydrogen) atoms. The highest BCUT2D eigenvalue weighted by Crippen LogP contribution is 2.15. The molecule has 0 spiro atoms. The van der Waals surface area contributed by atoms with Gasteiger partial charge in [-0.05, 0) is 18.2 Å². The van der Waals surface area contributed by atoms with E-state index < -0.39 is 0 Å². The second-order valence-corrected chi connectivity index (χ2v) is 1.98. The van der Waals surface area contributed by atoms with Crippen molar-refractivity contribution < 1.29 is 4.74 Å². The van der Waals surface area contributed by atoms with Crippen molar-refractivity contribution in [3.05, 3.63) is 29.8 Å². The number of nitriles is 2. The molecule has 0 aliphatic heterocycles. The lowest BCUT2D eigenvalue weighted by molar-refractivity contribution is 0.367. The lowest BCUT2D eigenvalue weighted by Gasteiger charge is -2.01. The first-order valence-corrected chi connectivity index (χ1v) is 3.28. The van der Waals surface area contributed by atoms with Crippen molar-refractivity contribution in [3.63, 3.8) is 0 Å². The minimum atomic E-state index is -0.0491. The summed E-state index contributed by atoms with van der Waals surface area (Å²) in [5, 5.41) is 16.8. The molecule has 0 saturated heterocycles. The Morgan fingerprint density at radius 1 is 1.50 bits per heavy atom. The molecule has 0 bridgehead atoms. The minimum Gasteiger partial charge on any atom is -0.477 e. The predicted molar refractivity (Wildman–Crippen MR) is 41.1 cm³/mol. The van der Waals surface area contributed by atoms with E-state index >= 15 is 0 Å². The Hall–Kier alpha value is -2.00. The van der Waals surface area contributed by atoms with Gasteiger partial charge >= 0.3 is 0 Å². The fourth-order valence-corrected chi connectivity index (χ4v) is 0.737. The zero-order valence-corrected chi connectivity index (χ0v) is 6.24.